The van der Waals surface area contributed by atoms with Gasteiger partial charge in [0.2, 0.25) is 5.78 Å². The van der Waals surface area contributed by atoms with Gasteiger partial charge >= 0.3 is 0 Å². The van der Waals surface area contributed by atoms with E-state index in [1.807, 2.05) is 31.2 Å². The second kappa shape index (κ2) is 8.04. The summed E-state index contributed by atoms with van der Waals surface area (Å²) in [5.74, 6) is 1.77. The molecule has 0 N–H and O–H groups in total. The summed E-state index contributed by atoms with van der Waals surface area (Å²) in [7, 11) is 0. The molecule has 3 aliphatic rings. The Morgan fingerprint density at radius 2 is 2.12 bits per heavy atom. The van der Waals surface area contributed by atoms with Crippen LogP contribution in [-0.2, 0) is 17.8 Å². The molecule has 2 aromatic carbocycles. The number of Topliss-reactive ketones (excluding diaryl/α,β-unsaturated/α-hetero) is 1. The molecule has 0 saturated carbocycles. The molecule has 0 aliphatic carbocycles. The third-order valence-corrected chi connectivity index (χ3v) is 6.92. The SMILES string of the molecule is CCn1cc(/C=C2\Oc3c4c(cc(C)c3C2=O)OCN(CC2CCCO2)C4)c2ccccc21. The Balaban J connectivity index is 1.35. The standard InChI is InChI=1S/C27H28N2O4/c1-3-29-13-18(20-8-4-5-9-22(20)29)12-24-26(30)25-17(2)11-23-21(27(25)33-24)15-28(16-32-23)14-19-7-6-10-31-19/h4-5,8-9,11-13,19H,3,6-7,10,14-16H2,1-2H3/b24-12-. The van der Waals surface area contributed by atoms with Crippen LogP contribution in [0.15, 0.2) is 42.3 Å². The van der Waals surface area contributed by atoms with Gasteiger partial charge in [0.25, 0.3) is 0 Å². The predicted octanol–water partition coefficient (Wildman–Crippen LogP) is 4.92. The first-order valence-electron chi connectivity index (χ1n) is 11.8. The molecule has 0 radical (unpaired) electrons. The van der Waals surface area contributed by atoms with Gasteiger partial charge in [0.1, 0.15) is 18.2 Å². The van der Waals surface area contributed by atoms with Crippen LogP contribution >= 0.6 is 0 Å². The number of aryl methyl sites for hydroxylation is 2. The van der Waals surface area contributed by atoms with E-state index in [2.05, 4.69) is 34.7 Å². The van der Waals surface area contributed by atoms with E-state index in [9.17, 15) is 4.79 Å². The minimum atomic E-state index is -0.0603. The molecule has 4 heterocycles. The molecule has 6 rings (SSSR count). The van der Waals surface area contributed by atoms with Crippen LogP contribution in [0.25, 0.3) is 17.0 Å². The Hall–Kier alpha value is -3.09. The number of ketones is 1. The van der Waals surface area contributed by atoms with Crippen LogP contribution in [0.4, 0.5) is 0 Å². The Morgan fingerprint density at radius 1 is 1.24 bits per heavy atom. The average molecular weight is 445 g/mol. The van der Waals surface area contributed by atoms with Crippen LogP contribution in [0.1, 0.15) is 46.8 Å². The number of carbonyl (C=O) groups is 1. The van der Waals surface area contributed by atoms with Crippen molar-refractivity contribution in [1.29, 1.82) is 0 Å². The molecular weight excluding hydrogens is 416 g/mol. The van der Waals surface area contributed by atoms with Crippen molar-refractivity contribution in [2.45, 2.75) is 45.9 Å². The summed E-state index contributed by atoms with van der Waals surface area (Å²) in [6.45, 7) is 7.82. The van der Waals surface area contributed by atoms with Crippen molar-refractivity contribution in [1.82, 2.24) is 9.47 Å². The number of para-hydroxylation sites is 1. The molecule has 6 heteroatoms. The van der Waals surface area contributed by atoms with Gasteiger partial charge in [-0.25, -0.2) is 0 Å². The summed E-state index contributed by atoms with van der Waals surface area (Å²) in [6.07, 6.45) is 6.43. The molecule has 3 aromatic rings. The number of benzene rings is 2. The highest BCUT2D eigenvalue weighted by Crippen LogP contribution is 2.44. The summed E-state index contributed by atoms with van der Waals surface area (Å²) in [4.78, 5) is 15.6. The van der Waals surface area contributed by atoms with Gasteiger partial charge in [-0.1, -0.05) is 18.2 Å². The van der Waals surface area contributed by atoms with Crippen LogP contribution in [0.5, 0.6) is 11.5 Å². The van der Waals surface area contributed by atoms with Crippen LogP contribution < -0.4 is 9.47 Å². The highest BCUT2D eigenvalue weighted by Gasteiger charge is 2.36. The summed E-state index contributed by atoms with van der Waals surface area (Å²) < 4.78 is 20.4. The monoisotopic (exact) mass is 444 g/mol. The van der Waals surface area contributed by atoms with Crippen molar-refractivity contribution >= 4 is 22.8 Å². The number of aromatic nitrogens is 1. The fourth-order valence-corrected chi connectivity index (χ4v) is 5.26. The second-order valence-corrected chi connectivity index (χ2v) is 9.12. The van der Waals surface area contributed by atoms with E-state index in [1.54, 1.807) is 0 Å². The Labute approximate surface area is 193 Å². The second-order valence-electron chi connectivity index (χ2n) is 9.12. The molecule has 3 aliphatic heterocycles. The lowest BCUT2D eigenvalue weighted by Gasteiger charge is -2.31. The fraction of sp³-hybridized carbons (Fsp3) is 0.370. The van der Waals surface area contributed by atoms with Crippen molar-refractivity contribution in [3.63, 3.8) is 0 Å². The van der Waals surface area contributed by atoms with E-state index in [0.29, 0.717) is 30.3 Å². The van der Waals surface area contributed by atoms with E-state index >= 15 is 0 Å². The van der Waals surface area contributed by atoms with Gasteiger partial charge in [0, 0.05) is 48.9 Å². The van der Waals surface area contributed by atoms with Gasteiger partial charge < -0.3 is 18.8 Å². The zero-order valence-corrected chi connectivity index (χ0v) is 19.1. The molecule has 0 bridgehead atoms. The van der Waals surface area contributed by atoms with Crippen molar-refractivity contribution < 1.29 is 19.0 Å². The number of allylic oxidation sites excluding steroid dienone is 1. The van der Waals surface area contributed by atoms with Gasteiger partial charge in [-0.15, -0.1) is 0 Å². The number of hydrogen-bond acceptors (Lipinski definition) is 5. The molecule has 0 spiro atoms. The zero-order chi connectivity index (χ0) is 22.5. The third kappa shape index (κ3) is 3.45. The lowest BCUT2D eigenvalue weighted by molar-refractivity contribution is 0.0273. The summed E-state index contributed by atoms with van der Waals surface area (Å²) in [6, 6.07) is 10.2. The molecule has 6 nitrogen and oxygen atoms in total. The van der Waals surface area contributed by atoms with E-state index < -0.39 is 0 Å². The van der Waals surface area contributed by atoms with E-state index in [0.717, 1.165) is 65.9 Å². The third-order valence-electron chi connectivity index (χ3n) is 6.92. The number of nitrogens with zero attached hydrogens (tertiary/aromatic N) is 2. The summed E-state index contributed by atoms with van der Waals surface area (Å²) >= 11 is 0. The Kier molecular flexibility index (Phi) is 5.00. The van der Waals surface area contributed by atoms with Crippen LogP contribution in [0, 0.1) is 6.92 Å². The van der Waals surface area contributed by atoms with E-state index in [1.165, 1.54) is 0 Å². The van der Waals surface area contributed by atoms with Gasteiger partial charge in [-0.2, -0.15) is 0 Å². The number of ether oxygens (including phenoxy) is 3. The van der Waals surface area contributed by atoms with Gasteiger partial charge in [0.15, 0.2) is 5.76 Å². The Bertz CT molecular complexity index is 1280. The van der Waals surface area contributed by atoms with Crippen LogP contribution in [0.3, 0.4) is 0 Å². The molecule has 1 aromatic heterocycles. The summed E-state index contributed by atoms with van der Waals surface area (Å²) in [5.41, 5.74) is 4.64. The van der Waals surface area contributed by atoms with Crippen LogP contribution in [-0.4, -0.2) is 41.2 Å². The lowest BCUT2D eigenvalue weighted by Crippen LogP contribution is -2.37. The largest absolute Gasteiger partial charge is 0.478 e. The zero-order valence-electron chi connectivity index (χ0n) is 19.1. The van der Waals surface area contributed by atoms with Crippen molar-refractivity contribution in [3.8, 4) is 11.5 Å². The van der Waals surface area contributed by atoms with Gasteiger partial charge in [0.05, 0.1) is 17.2 Å². The maximum absolute atomic E-state index is 13.4. The first-order valence-corrected chi connectivity index (χ1v) is 11.8. The van der Waals surface area contributed by atoms with Crippen molar-refractivity contribution in [2.75, 3.05) is 19.9 Å². The fourth-order valence-electron chi connectivity index (χ4n) is 5.26. The smallest absolute Gasteiger partial charge is 0.232 e. The first kappa shape index (κ1) is 20.5. The maximum atomic E-state index is 13.4. The molecular formula is C27H28N2O4. The molecule has 1 atom stereocenters. The number of rotatable bonds is 4. The van der Waals surface area contributed by atoms with Crippen molar-refractivity contribution in [3.05, 3.63) is 64.5 Å². The minimum Gasteiger partial charge on any atom is -0.478 e. The van der Waals surface area contributed by atoms with E-state index in [4.69, 9.17) is 14.2 Å². The molecule has 33 heavy (non-hydrogen) atoms. The minimum absolute atomic E-state index is 0.0603. The lowest BCUT2D eigenvalue weighted by atomic mass is 9.98. The number of hydrogen-bond donors (Lipinski definition) is 0. The molecule has 1 saturated heterocycles. The quantitative estimate of drug-likeness (QED) is 0.535. The summed E-state index contributed by atoms with van der Waals surface area (Å²) in [5, 5.41) is 1.11. The highest BCUT2D eigenvalue weighted by atomic mass is 16.5. The number of carbonyl (C=O) groups excluding carboxylic acids is 1. The molecule has 1 fully saturated rings. The van der Waals surface area contributed by atoms with Gasteiger partial charge in [-0.3, -0.25) is 9.69 Å². The number of fused-ring (bicyclic) bond motifs is 4. The molecule has 1 unspecified atom stereocenters. The average Bonchev–Trinajstić information content (AvgIpc) is 3.54. The maximum Gasteiger partial charge on any atom is 0.232 e. The molecule has 170 valence electrons. The Morgan fingerprint density at radius 3 is 2.94 bits per heavy atom. The molecule has 0 amide bonds. The van der Waals surface area contributed by atoms with Gasteiger partial charge in [-0.05, 0) is 50.5 Å². The predicted molar refractivity (Wildman–Crippen MR) is 127 cm³/mol. The highest BCUT2D eigenvalue weighted by molar-refractivity contribution is 6.16. The topological polar surface area (TPSA) is 52.9 Å². The van der Waals surface area contributed by atoms with E-state index in [-0.39, 0.29) is 11.9 Å². The van der Waals surface area contributed by atoms with Crippen LogP contribution in [0.2, 0.25) is 0 Å². The van der Waals surface area contributed by atoms with Crippen molar-refractivity contribution in [2.24, 2.45) is 0 Å². The first-order chi connectivity index (χ1) is 16.1. The normalized spacial score (nSPS) is 21.3.